The Balaban J connectivity index is 0.000000540. The van der Waals surface area contributed by atoms with Crippen molar-refractivity contribution in [2.45, 2.75) is 38.9 Å². The summed E-state index contributed by atoms with van der Waals surface area (Å²) in [6.45, 7) is 4.71. The van der Waals surface area contributed by atoms with E-state index in [0.717, 1.165) is 40.5 Å². The van der Waals surface area contributed by atoms with Gasteiger partial charge in [-0.15, -0.1) is 11.3 Å². The molecule has 7 nitrogen and oxygen atoms in total. The molecule has 2 heterocycles. The summed E-state index contributed by atoms with van der Waals surface area (Å²) in [6, 6.07) is 9.52. The SMILES string of the molecule is Cc1ccc(NC(=O)CC(C)NCCc2nc(-c3ccncc3)cs2)cc1Cl.O=C(O)C(F)(F)F. The Bertz CT molecular complexity index is 1130. The largest absolute Gasteiger partial charge is 0.490 e. The number of anilines is 1. The Hall–Kier alpha value is -3.02. The molecule has 0 aliphatic rings. The average Bonchev–Trinajstić information content (AvgIpc) is 3.25. The first-order valence-electron chi connectivity index (χ1n) is 10.4. The van der Waals surface area contributed by atoms with Crippen LogP contribution in [0.15, 0.2) is 48.1 Å². The quantitative estimate of drug-likeness (QED) is 0.364. The number of hydrogen-bond acceptors (Lipinski definition) is 6. The Morgan fingerprint density at radius 2 is 1.86 bits per heavy atom. The van der Waals surface area contributed by atoms with Crippen molar-refractivity contribution < 1.29 is 27.9 Å². The number of carboxylic acid groups (broad SMARTS) is 1. The number of thiazole rings is 1. The molecule has 3 rings (SSSR count). The van der Waals surface area contributed by atoms with Gasteiger partial charge in [-0.2, -0.15) is 13.2 Å². The van der Waals surface area contributed by atoms with Crippen LogP contribution in [0.5, 0.6) is 0 Å². The summed E-state index contributed by atoms with van der Waals surface area (Å²) in [4.78, 5) is 29.8. The predicted octanol–water partition coefficient (Wildman–Crippen LogP) is 5.35. The van der Waals surface area contributed by atoms with Gasteiger partial charge in [0, 0.05) is 59.5 Å². The number of amides is 1. The number of aliphatic carboxylic acids is 1. The lowest BCUT2D eigenvalue weighted by atomic mass is 10.2. The third-order valence-corrected chi connectivity index (χ3v) is 5.86. The van der Waals surface area contributed by atoms with E-state index in [0.29, 0.717) is 11.4 Å². The molecular formula is C23H24ClF3N4O3S. The Labute approximate surface area is 209 Å². The molecule has 1 amide bonds. The van der Waals surface area contributed by atoms with E-state index in [1.165, 1.54) is 0 Å². The smallest absolute Gasteiger partial charge is 0.475 e. The first-order chi connectivity index (χ1) is 16.5. The standard InChI is InChI=1S/C21H23ClN4OS.C2HF3O2/c1-14-3-4-17(12-18(14)22)25-20(27)11-15(2)24-10-7-21-26-19(13-28-21)16-5-8-23-9-6-16;3-2(4,5)1(6)7/h3-6,8-9,12-13,15,24H,7,10-11H2,1-2H3,(H,25,27);(H,6,7). The maximum atomic E-state index is 12.2. The molecule has 1 atom stereocenters. The van der Waals surface area contributed by atoms with Gasteiger partial charge in [0.05, 0.1) is 10.7 Å². The van der Waals surface area contributed by atoms with E-state index in [2.05, 4.69) is 26.0 Å². The molecule has 3 N–H and O–H groups in total. The van der Waals surface area contributed by atoms with Crippen molar-refractivity contribution in [1.29, 1.82) is 0 Å². The lowest BCUT2D eigenvalue weighted by Crippen LogP contribution is -2.32. The minimum absolute atomic E-state index is 0.0332. The number of alkyl halides is 3. The molecule has 2 aromatic heterocycles. The third-order valence-electron chi connectivity index (χ3n) is 4.55. The highest BCUT2D eigenvalue weighted by Gasteiger charge is 2.38. The second kappa shape index (κ2) is 13.2. The molecule has 12 heteroatoms. The van der Waals surface area contributed by atoms with Crippen molar-refractivity contribution in [2.75, 3.05) is 11.9 Å². The summed E-state index contributed by atoms with van der Waals surface area (Å²) < 4.78 is 31.7. The highest BCUT2D eigenvalue weighted by molar-refractivity contribution is 7.09. The van der Waals surface area contributed by atoms with Crippen molar-refractivity contribution in [3.8, 4) is 11.3 Å². The van der Waals surface area contributed by atoms with Crippen molar-refractivity contribution in [3.05, 3.63) is 63.7 Å². The number of aryl methyl sites for hydroxylation is 1. The number of hydrogen-bond donors (Lipinski definition) is 3. The Morgan fingerprint density at radius 3 is 2.46 bits per heavy atom. The predicted molar refractivity (Wildman–Crippen MR) is 130 cm³/mol. The summed E-state index contributed by atoms with van der Waals surface area (Å²) >= 11 is 7.75. The van der Waals surface area contributed by atoms with Crippen LogP contribution in [0.25, 0.3) is 11.3 Å². The fraction of sp³-hybridized carbons (Fsp3) is 0.304. The highest BCUT2D eigenvalue weighted by Crippen LogP contribution is 2.22. The summed E-state index contributed by atoms with van der Waals surface area (Å²) in [6.07, 6.45) is -0.318. The van der Waals surface area contributed by atoms with Gasteiger partial charge in [-0.3, -0.25) is 9.78 Å². The van der Waals surface area contributed by atoms with Gasteiger partial charge in [0.25, 0.3) is 0 Å². The number of nitrogens with zero attached hydrogens (tertiary/aromatic N) is 2. The van der Waals surface area contributed by atoms with Gasteiger partial charge < -0.3 is 15.7 Å². The number of halogens is 4. The van der Waals surface area contributed by atoms with E-state index in [-0.39, 0.29) is 11.9 Å². The van der Waals surface area contributed by atoms with Crippen LogP contribution < -0.4 is 10.6 Å². The second-order valence-corrected chi connectivity index (χ2v) is 8.84. The second-order valence-electron chi connectivity index (χ2n) is 7.49. The molecule has 1 unspecified atom stereocenters. The van der Waals surface area contributed by atoms with Crippen molar-refractivity contribution >= 4 is 40.5 Å². The maximum absolute atomic E-state index is 12.2. The first kappa shape index (κ1) is 28.2. The number of carboxylic acids is 1. The van der Waals surface area contributed by atoms with Crippen LogP contribution in [0, 0.1) is 6.92 Å². The monoisotopic (exact) mass is 528 g/mol. The van der Waals surface area contributed by atoms with E-state index in [4.69, 9.17) is 21.5 Å². The van der Waals surface area contributed by atoms with Crippen LogP contribution in [-0.2, 0) is 16.0 Å². The number of nitrogens with one attached hydrogen (secondary N) is 2. The number of carbonyl (C=O) groups is 2. The molecule has 0 saturated heterocycles. The average molecular weight is 529 g/mol. The van der Waals surface area contributed by atoms with E-state index in [9.17, 15) is 18.0 Å². The zero-order valence-electron chi connectivity index (χ0n) is 18.9. The molecule has 0 aliphatic carbocycles. The van der Waals surface area contributed by atoms with Gasteiger partial charge >= 0.3 is 12.1 Å². The first-order valence-corrected chi connectivity index (χ1v) is 11.7. The fourth-order valence-electron chi connectivity index (χ4n) is 2.74. The minimum atomic E-state index is -5.08. The van der Waals surface area contributed by atoms with Gasteiger partial charge in [0.1, 0.15) is 0 Å². The normalized spacial score (nSPS) is 11.8. The number of pyridine rings is 1. The molecule has 3 aromatic rings. The summed E-state index contributed by atoms with van der Waals surface area (Å²) in [5.74, 6) is -2.79. The molecule has 0 fully saturated rings. The summed E-state index contributed by atoms with van der Waals surface area (Å²) in [7, 11) is 0. The Morgan fingerprint density at radius 1 is 1.20 bits per heavy atom. The van der Waals surface area contributed by atoms with Gasteiger partial charge in [-0.25, -0.2) is 9.78 Å². The molecule has 0 radical (unpaired) electrons. The topological polar surface area (TPSA) is 104 Å². The molecule has 0 spiro atoms. The Kier molecular flexibility index (Phi) is 10.6. The fourth-order valence-corrected chi connectivity index (χ4v) is 3.73. The van der Waals surface area contributed by atoms with Crippen LogP contribution >= 0.6 is 22.9 Å². The molecule has 188 valence electrons. The maximum Gasteiger partial charge on any atom is 0.490 e. The van der Waals surface area contributed by atoms with Crippen molar-refractivity contribution in [2.24, 2.45) is 0 Å². The molecule has 35 heavy (non-hydrogen) atoms. The van der Waals surface area contributed by atoms with Crippen LogP contribution in [0.2, 0.25) is 5.02 Å². The van der Waals surface area contributed by atoms with Crippen LogP contribution in [0.4, 0.5) is 18.9 Å². The number of carbonyl (C=O) groups excluding carboxylic acids is 1. The van der Waals surface area contributed by atoms with Gasteiger partial charge in [-0.1, -0.05) is 17.7 Å². The van der Waals surface area contributed by atoms with Crippen LogP contribution in [-0.4, -0.2) is 45.7 Å². The molecule has 0 aliphatic heterocycles. The third kappa shape index (κ3) is 10.0. The van der Waals surface area contributed by atoms with Crippen LogP contribution in [0.3, 0.4) is 0 Å². The zero-order valence-corrected chi connectivity index (χ0v) is 20.5. The molecular weight excluding hydrogens is 505 g/mol. The number of rotatable bonds is 8. The van der Waals surface area contributed by atoms with E-state index in [1.54, 1.807) is 29.8 Å². The molecule has 0 saturated carbocycles. The molecule has 0 bridgehead atoms. The van der Waals surface area contributed by atoms with Gasteiger partial charge in [0.2, 0.25) is 5.91 Å². The summed E-state index contributed by atoms with van der Waals surface area (Å²) in [5, 5.41) is 17.2. The van der Waals surface area contributed by atoms with E-state index in [1.807, 2.05) is 38.1 Å². The van der Waals surface area contributed by atoms with Crippen LogP contribution in [0.1, 0.15) is 23.9 Å². The number of benzene rings is 1. The number of aromatic nitrogens is 2. The van der Waals surface area contributed by atoms with Gasteiger partial charge in [-0.05, 0) is 43.7 Å². The summed E-state index contributed by atoms with van der Waals surface area (Å²) in [5.41, 5.74) is 3.77. The van der Waals surface area contributed by atoms with Crippen molar-refractivity contribution in [3.63, 3.8) is 0 Å². The van der Waals surface area contributed by atoms with Crippen molar-refractivity contribution in [1.82, 2.24) is 15.3 Å². The highest BCUT2D eigenvalue weighted by atomic mass is 35.5. The lowest BCUT2D eigenvalue weighted by molar-refractivity contribution is -0.192. The molecule has 1 aromatic carbocycles. The van der Waals surface area contributed by atoms with E-state index >= 15 is 0 Å². The zero-order chi connectivity index (χ0) is 26.0. The lowest BCUT2D eigenvalue weighted by Gasteiger charge is -2.13. The van der Waals surface area contributed by atoms with Gasteiger partial charge in [0.15, 0.2) is 0 Å². The van der Waals surface area contributed by atoms with E-state index < -0.39 is 12.1 Å². The minimum Gasteiger partial charge on any atom is -0.475 e.